The molecule has 1 saturated heterocycles. The number of aromatic nitrogens is 1. The Bertz CT molecular complexity index is 491. The van der Waals surface area contributed by atoms with E-state index in [4.69, 9.17) is 10.5 Å². The Morgan fingerprint density at radius 3 is 2.57 bits per heavy atom. The zero-order chi connectivity index (χ0) is 15.5. The van der Waals surface area contributed by atoms with Crippen molar-refractivity contribution in [2.75, 3.05) is 31.1 Å². The number of rotatable bonds is 2. The van der Waals surface area contributed by atoms with Crippen LogP contribution in [0.1, 0.15) is 26.5 Å². The number of hydrogen-bond donors (Lipinski definition) is 1. The minimum absolute atomic E-state index is 0.243. The molecule has 6 heteroatoms. The van der Waals surface area contributed by atoms with Gasteiger partial charge in [0.25, 0.3) is 0 Å². The highest BCUT2D eigenvalue weighted by atomic mass is 16.6. The molecule has 0 radical (unpaired) electrons. The molecular formula is C15H24N4O2. The van der Waals surface area contributed by atoms with Gasteiger partial charge in [-0.05, 0) is 32.9 Å². The van der Waals surface area contributed by atoms with Crippen LogP contribution in [-0.4, -0.2) is 47.8 Å². The molecule has 1 fully saturated rings. The highest BCUT2D eigenvalue weighted by molar-refractivity contribution is 5.68. The van der Waals surface area contributed by atoms with Crippen molar-refractivity contribution in [1.29, 1.82) is 0 Å². The van der Waals surface area contributed by atoms with E-state index in [1.165, 1.54) is 0 Å². The summed E-state index contributed by atoms with van der Waals surface area (Å²) in [5.41, 5.74) is 7.23. The Hall–Kier alpha value is -1.82. The lowest BCUT2D eigenvalue weighted by Crippen LogP contribution is -2.50. The SMILES string of the molecule is CC(C)(C)OC(=O)N1CCN(c2cccnc2CN)CC1. The maximum absolute atomic E-state index is 12.0. The fourth-order valence-corrected chi connectivity index (χ4v) is 2.33. The molecule has 1 aliphatic rings. The van der Waals surface area contributed by atoms with Crippen molar-refractivity contribution < 1.29 is 9.53 Å². The average molecular weight is 292 g/mol. The summed E-state index contributed by atoms with van der Waals surface area (Å²) in [4.78, 5) is 20.3. The van der Waals surface area contributed by atoms with Gasteiger partial charge >= 0.3 is 6.09 Å². The molecule has 21 heavy (non-hydrogen) atoms. The highest BCUT2D eigenvalue weighted by Crippen LogP contribution is 2.20. The van der Waals surface area contributed by atoms with Crippen LogP contribution in [0.25, 0.3) is 0 Å². The number of anilines is 1. The van der Waals surface area contributed by atoms with Crippen LogP contribution in [0, 0.1) is 0 Å². The van der Waals surface area contributed by atoms with Crippen molar-refractivity contribution in [2.45, 2.75) is 32.9 Å². The van der Waals surface area contributed by atoms with E-state index in [1.807, 2.05) is 32.9 Å². The molecule has 1 aromatic heterocycles. The lowest BCUT2D eigenvalue weighted by atomic mass is 10.2. The van der Waals surface area contributed by atoms with Gasteiger partial charge in [-0.25, -0.2) is 4.79 Å². The standard InChI is InChI=1S/C15H24N4O2/c1-15(2,3)21-14(20)19-9-7-18(8-10-19)13-5-4-6-17-12(13)11-16/h4-6H,7-11,16H2,1-3H3. The quantitative estimate of drug-likeness (QED) is 0.896. The predicted octanol–water partition coefficient (Wildman–Crippen LogP) is 1.60. The molecule has 0 unspecified atom stereocenters. The lowest BCUT2D eigenvalue weighted by molar-refractivity contribution is 0.0240. The van der Waals surface area contributed by atoms with E-state index < -0.39 is 5.60 Å². The number of piperazine rings is 1. The van der Waals surface area contributed by atoms with Gasteiger partial charge in [0.1, 0.15) is 5.60 Å². The molecule has 0 aromatic carbocycles. The molecule has 0 aliphatic carbocycles. The monoisotopic (exact) mass is 292 g/mol. The minimum atomic E-state index is -0.454. The number of hydrogen-bond acceptors (Lipinski definition) is 5. The van der Waals surface area contributed by atoms with Crippen molar-refractivity contribution in [3.8, 4) is 0 Å². The zero-order valence-corrected chi connectivity index (χ0v) is 13.0. The molecular weight excluding hydrogens is 268 g/mol. The summed E-state index contributed by atoms with van der Waals surface area (Å²) in [5, 5.41) is 0. The zero-order valence-electron chi connectivity index (χ0n) is 13.0. The summed E-state index contributed by atoms with van der Waals surface area (Å²) < 4.78 is 5.40. The van der Waals surface area contributed by atoms with Gasteiger partial charge in [-0.2, -0.15) is 0 Å². The Labute approximate surface area is 125 Å². The normalized spacial score (nSPS) is 16.0. The lowest BCUT2D eigenvalue weighted by Gasteiger charge is -2.37. The Balaban J connectivity index is 1.96. The number of nitrogens with two attached hydrogens (primary N) is 1. The van der Waals surface area contributed by atoms with Crippen LogP contribution in [-0.2, 0) is 11.3 Å². The molecule has 0 bridgehead atoms. The summed E-state index contributed by atoms with van der Waals surface area (Å²) >= 11 is 0. The van der Waals surface area contributed by atoms with E-state index in [0.29, 0.717) is 19.6 Å². The fraction of sp³-hybridized carbons (Fsp3) is 0.600. The largest absolute Gasteiger partial charge is 0.444 e. The van der Waals surface area contributed by atoms with Gasteiger partial charge < -0.3 is 20.3 Å². The van der Waals surface area contributed by atoms with E-state index >= 15 is 0 Å². The van der Waals surface area contributed by atoms with Crippen molar-refractivity contribution in [1.82, 2.24) is 9.88 Å². The molecule has 1 aliphatic heterocycles. The third-order valence-electron chi connectivity index (χ3n) is 3.33. The van der Waals surface area contributed by atoms with Gasteiger partial charge in [-0.15, -0.1) is 0 Å². The molecule has 0 atom stereocenters. The molecule has 2 rings (SSSR count). The number of ether oxygens (including phenoxy) is 1. The number of amides is 1. The molecule has 0 spiro atoms. The van der Waals surface area contributed by atoms with Gasteiger partial charge in [0.2, 0.25) is 0 Å². The third kappa shape index (κ3) is 4.07. The summed E-state index contributed by atoms with van der Waals surface area (Å²) in [6, 6.07) is 3.94. The van der Waals surface area contributed by atoms with Gasteiger partial charge in [-0.1, -0.05) is 0 Å². The summed E-state index contributed by atoms with van der Waals surface area (Å²) in [6.45, 7) is 8.87. The minimum Gasteiger partial charge on any atom is -0.444 e. The summed E-state index contributed by atoms with van der Waals surface area (Å²) in [5.74, 6) is 0. The first-order valence-electron chi connectivity index (χ1n) is 7.27. The predicted molar refractivity (Wildman–Crippen MR) is 82.1 cm³/mol. The molecule has 1 aromatic rings. The van der Waals surface area contributed by atoms with E-state index in [2.05, 4.69) is 9.88 Å². The number of pyridine rings is 1. The maximum atomic E-state index is 12.0. The molecule has 116 valence electrons. The second kappa shape index (κ2) is 6.30. The molecule has 1 amide bonds. The van der Waals surface area contributed by atoms with Crippen LogP contribution < -0.4 is 10.6 Å². The first-order chi connectivity index (χ1) is 9.90. The second-order valence-corrected chi connectivity index (χ2v) is 6.13. The van der Waals surface area contributed by atoms with Crippen molar-refractivity contribution >= 4 is 11.8 Å². The Kier molecular flexibility index (Phi) is 4.67. The van der Waals surface area contributed by atoms with Crippen LogP contribution in [0.15, 0.2) is 18.3 Å². The maximum Gasteiger partial charge on any atom is 0.410 e. The van der Waals surface area contributed by atoms with Gasteiger partial charge in [0, 0.05) is 38.9 Å². The smallest absolute Gasteiger partial charge is 0.410 e. The highest BCUT2D eigenvalue weighted by Gasteiger charge is 2.26. The van der Waals surface area contributed by atoms with Gasteiger partial charge in [0.05, 0.1) is 11.4 Å². The van der Waals surface area contributed by atoms with E-state index in [0.717, 1.165) is 24.5 Å². The van der Waals surface area contributed by atoms with Crippen LogP contribution >= 0.6 is 0 Å². The Morgan fingerprint density at radius 1 is 1.33 bits per heavy atom. The van der Waals surface area contributed by atoms with Crippen LogP contribution in [0.5, 0.6) is 0 Å². The second-order valence-electron chi connectivity index (χ2n) is 6.13. The van der Waals surface area contributed by atoms with Crippen LogP contribution in [0.3, 0.4) is 0 Å². The summed E-state index contributed by atoms with van der Waals surface area (Å²) in [6.07, 6.45) is 1.51. The molecule has 2 N–H and O–H groups in total. The van der Waals surface area contributed by atoms with Gasteiger partial charge in [-0.3, -0.25) is 4.98 Å². The van der Waals surface area contributed by atoms with E-state index in [1.54, 1.807) is 11.1 Å². The molecule has 2 heterocycles. The third-order valence-corrected chi connectivity index (χ3v) is 3.33. The topological polar surface area (TPSA) is 71.7 Å². The average Bonchev–Trinajstić information content (AvgIpc) is 2.45. The first-order valence-corrected chi connectivity index (χ1v) is 7.27. The van der Waals surface area contributed by atoms with Gasteiger partial charge in [0.15, 0.2) is 0 Å². The summed E-state index contributed by atoms with van der Waals surface area (Å²) in [7, 11) is 0. The van der Waals surface area contributed by atoms with Crippen LogP contribution in [0.4, 0.5) is 10.5 Å². The first kappa shape index (κ1) is 15.6. The number of carbonyl (C=O) groups is 1. The van der Waals surface area contributed by atoms with Crippen molar-refractivity contribution in [3.63, 3.8) is 0 Å². The number of carbonyl (C=O) groups excluding carboxylic acids is 1. The van der Waals surface area contributed by atoms with Crippen molar-refractivity contribution in [2.24, 2.45) is 5.73 Å². The van der Waals surface area contributed by atoms with E-state index in [-0.39, 0.29) is 6.09 Å². The van der Waals surface area contributed by atoms with E-state index in [9.17, 15) is 4.79 Å². The fourth-order valence-electron chi connectivity index (χ4n) is 2.33. The number of nitrogens with zero attached hydrogens (tertiary/aromatic N) is 3. The Morgan fingerprint density at radius 2 is 2.00 bits per heavy atom. The van der Waals surface area contributed by atoms with Crippen molar-refractivity contribution in [3.05, 3.63) is 24.0 Å². The molecule has 6 nitrogen and oxygen atoms in total. The molecule has 0 saturated carbocycles. The van der Waals surface area contributed by atoms with Crippen LogP contribution in [0.2, 0.25) is 0 Å².